The standard InChI is InChI=1S/C42H72O11/c1-11-29(38(46)47)31-15-14-23(4)36(50-31)27(8)34(44)26(7)35(45)30(12-2)37-24(5)22-25(6)41(51-37)19-16-32(43)42(53-41)21-20-39(10,52-42)33-17-18-40(48,13-3)28(9)49-33/h23-34,36-37,43-44,48H,11-22H2,1-10H3,(H,46,47)/t23-,24-,25+,26-,27-,28-,29+,30-,31+,32?,33+,34+,36+,37-,39-,40+,41?,42-/m0/s1. The number of rotatable bonds is 12. The molecule has 0 amide bonds. The van der Waals surface area contributed by atoms with Crippen LogP contribution < -0.4 is 0 Å². The predicted molar refractivity (Wildman–Crippen MR) is 199 cm³/mol. The molecule has 4 N–H and O–H groups in total. The van der Waals surface area contributed by atoms with Gasteiger partial charge < -0.3 is 44.1 Å². The van der Waals surface area contributed by atoms with E-state index in [0.29, 0.717) is 64.2 Å². The molecular weight excluding hydrogens is 680 g/mol. The number of carboxylic acids is 1. The normalized spacial score (nSPS) is 46.5. The Kier molecular flexibility index (Phi) is 13.3. The quantitative estimate of drug-likeness (QED) is 0.174. The lowest BCUT2D eigenvalue weighted by molar-refractivity contribution is -0.442. The molecule has 5 rings (SSSR count). The van der Waals surface area contributed by atoms with Gasteiger partial charge in [-0.05, 0) is 89.9 Å². The average Bonchev–Trinajstić information content (AvgIpc) is 3.47. The van der Waals surface area contributed by atoms with Gasteiger partial charge in [0.15, 0.2) is 11.6 Å². The van der Waals surface area contributed by atoms with Gasteiger partial charge in [0.25, 0.3) is 0 Å². The fourth-order valence-electron chi connectivity index (χ4n) is 10.9. The zero-order chi connectivity index (χ0) is 39.3. The second-order valence-electron chi connectivity index (χ2n) is 18.3. The molecule has 2 unspecified atom stereocenters. The highest BCUT2D eigenvalue weighted by molar-refractivity contribution is 5.84. The SMILES string of the molecule is CC[C@@H](C(=O)[C@@H](C)[C@@H](O)[C@H](C)[C@@H]1O[C@@H]([C@@H](CC)C(=O)O)CC[C@@H]1C)[C@H]1OC2(CCC(O)[C@]3(CC[C@@](C)([C@H]4CC[C@](O)(CC)[C@H](C)O4)O3)O2)[C@H](C)C[C@@H]1C. The number of carbonyl (C=O) groups is 2. The van der Waals surface area contributed by atoms with Crippen LogP contribution in [-0.4, -0.2) is 97.7 Å². The first kappa shape index (κ1) is 43.0. The summed E-state index contributed by atoms with van der Waals surface area (Å²) in [7, 11) is 0. The van der Waals surface area contributed by atoms with Crippen molar-refractivity contribution in [2.75, 3.05) is 0 Å². The largest absolute Gasteiger partial charge is 0.481 e. The fraction of sp³-hybridized carbons (Fsp3) is 0.952. The number of Topliss-reactive ketones (excluding diaryl/α,β-unsaturated/α-hetero) is 1. The molecule has 2 spiro atoms. The molecule has 5 saturated heterocycles. The molecule has 5 aliphatic rings. The van der Waals surface area contributed by atoms with Crippen LogP contribution in [0.2, 0.25) is 0 Å². The zero-order valence-corrected chi connectivity index (χ0v) is 34.2. The Balaban J connectivity index is 1.30. The minimum Gasteiger partial charge on any atom is -0.481 e. The molecule has 11 nitrogen and oxygen atoms in total. The van der Waals surface area contributed by atoms with Crippen molar-refractivity contribution in [3.63, 3.8) is 0 Å². The maximum atomic E-state index is 14.5. The maximum absolute atomic E-state index is 14.5. The van der Waals surface area contributed by atoms with Crippen molar-refractivity contribution < 1.29 is 53.7 Å². The van der Waals surface area contributed by atoms with E-state index in [9.17, 15) is 30.0 Å². The van der Waals surface area contributed by atoms with Gasteiger partial charge in [-0.25, -0.2) is 0 Å². The molecule has 0 aromatic rings. The number of ketones is 1. The molecule has 5 heterocycles. The van der Waals surface area contributed by atoms with Crippen molar-refractivity contribution in [3.05, 3.63) is 0 Å². The van der Waals surface area contributed by atoms with Crippen LogP contribution in [0.25, 0.3) is 0 Å². The van der Waals surface area contributed by atoms with Gasteiger partial charge in [0, 0.05) is 36.5 Å². The van der Waals surface area contributed by atoms with Crippen molar-refractivity contribution in [1.29, 1.82) is 0 Å². The summed E-state index contributed by atoms with van der Waals surface area (Å²) in [5.74, 6) is -5.29. The predicted octanol–water partition coefficient (Wildman–Crippen LogP) is 6.41. The van der Waals surface area contributed by atoms with E-state index in [1.165, 1.54) is 0 Å². The van der Waals surface area contributed by atoms with Gasteiger partial charge in [0.1, 0.15) is 11.9 Å². The second-order valence-corrected chi connectivity index (χ2v) is 18.3. The van der Waals surface area contributed by atoms with Gasteiger partial charge >= 0.3 is 5.97 Å². The lowest BCUT2D eigenvalue weighted by Crippen LogP contribution is -2.65. The third-order valence-electron chi connectivity index (χ3n) is 14.9. The highest BCUT2D eigenvalue weighted by Gasteiger charge is 2.64. The average molecular weight is 753 g/mol. The first-order valence-electron chi connectivity index (χ1n) is 21.0. The van der Waals surface area contributed by atoms with Crippen LogP contribution in [0.15, 0.2) is 0 Å². The molecule has 53 heavy (non-hydrogen) atoms. The third-order valence-corrected chi connectivity index (χ3v) is 14.9. The number of carboxylic acid groups (broad SMARTS) is 1. The third kappa shape index (κ3) is 8.03. The summed E-state index contributed by atoms with van der Waals surface area (Å²) in [6.45, 7) is 19.8. The van der Waals surface area contributed by atoms with Gasteiger partial charge in [0.2, 0.25) is 0 Å². The number of hydrogen-bond acceptors (Lipinski definition) is 10. The van der Waals surface area contributed by atoms with Gasteiger partial charge in [-0.1, -0.05) is 55.4 Å². The summed E-state index contributed by atoms with van der Waals surface area (Å²) in [6, 6.07) is 0. The van der Waals surface area contributed by atoms with E-state index in [1.54, 1.807) is 6.92 Å². The Labute approximate surface area is 318 Å². The van der Waals surface area contributed by atoms with Crippen molar-refractivity contribution in [1.82, 2.24) is 0 Å². The molecule has 5 fully saturated rings. The van der Waals surface area contributed by atoms with E-state index in [2.05, 4.69) is 20.8 Å². The first-order chi connectivity index (χ1) is 24.8. The Morgan fingerprint density at radius 2 is 1.49 bits per heavy atom. The monoisotopic (exact) mass is 753 g/mol. The topological polar surface area (TPSA) is 161 Å². The molecule has 11 heteroatoms. The minimum atomic E-state index is -1.28. The molecule has 18 atom stereocenters. The molecule has 0 aliphatic carbocycles. The highest BCUT2D eigenvalue weighted by Crippen LogP contribution is 2.56. The molecule has 306 valence electrons. The summed E-state index contributed by atoms with van der Waals surface area (Å²) in [5, 5.41) is 44.1. The summed E-state index contributed by atoms with van der Waals surface area (Å²) >= 11 is 0. The van der Waals surface area contributed by atoms with Crippen LogP contribution in [0.4, 0.5) is 0 Å². The summed E-state index contributed by atoms with van der Waals surface area (Å²) in [4.78, 5) is 26.4. The number of aliphatic hydroxyl groups excluding tert-OH is 2. The van der Waals surface area contributed by atoms with E-state index in [-0.39, 0.29) is 47.8 Å². The number of hydrogen-bond donors (Lipinski definition) is 4. The molecule has 0 aromatic heterocycles. The van der Waals surface area contributed by atoms with E-state index in [0.717, 1.165) is 12.8 Å². The van der Waals surface area contributed by atoms with Crippen molar-refractivity contribution in [2.45, 2.75) is 212 Å². The van der Waals surface area contributed by atoms with Crippen LogP contribution in [0.5, 0.6) is 0 Å². The summed E-state index contributed by atoms with van der Waals surface area (Å²) in [6.07, 6.45) is 3.41. The minimum absolute atomic E-state index is 0.0228. The second kappa shape index (κ2) is 16.4. The zero-order valence-electron chi connectivity index (χ0n) is 34.2. The Bertz CT molecular complexity index is 1280. The molecule has 5 aliphatic heterocycles. The summed E-state index contributed by atoms with van der Waals surface area (Å²) in [5.41, 5.74) is -1.59. The van der Waals surface area contributed by atoms with E-state index < -0.39 is 70.9 Å². The van der Waals surface area contributed by atoms with Crippen LogP contribution in [0.1, 0.15) is 146 Å². The Morgan fingerprint density at radius 1 is 0.811 bits per heavy atom. The van der Waals surface area contributed by atoms with Crippen molar-refractivity contribution in [2.24, 2.45) is 41.4 Å². The van der Waals surface area contributed by atoms with Crippen LogP contribution in [-0.2, 0) is 33.3 Å². The number of aliphatic carboxylic acids is 1. The molecular formula is C42H72O11. The lowest BCUT2D eigenvalue weighted by atomic mass is 9.72. The molecule has 0 saturated carbocycles. The van der Waals surface area contributed by atoms with Crippen molar-refractivity contribution >= 4 is 11.8 Å². The van der Waals surface area contributed by atoms with E-state index in [1.807, 2.05) is 41.5 Å². The Hall–Kier alpha value is -1.18. The van der Waals surface area contributed by atoms with E-state index >= 15 is 0 Å². The van der Waals surface area contributed by atoms with Crippen LogP contribution in [0, 0.1) is 41.4 Å². The number of aliphatic hydroxyl groups is 3. The van der Waals surface area contributed by atoms with Gasteiger partial charge in [-0.2, -0.15) is 0 Å². The summed E-state index contributed by atoms with van der Waals surface area (Å²) < 4.78 is 33.7. The highest BCUT2D eigenvalue weighted by atomic mass is 16.8. The first-order valence-corrected chi connectivity index (χ1v) is 21.0. The number of ether oxygens (including phenoxy) is 5. The Morgan fingerprint density at radius 3 is 2.09 bits per heavy atom. The molecule has 0 bridgehead atoms. The molecule has 0 aromatic carbocycles. The van der Waals surface area contributed by atoms with E-state index in [4.69, 9.17) is 23.7 Å². The van der Waals surface area contributed by atoms with Crippen LogP contribution >= 0.6 is 0 Å². The van der Waals surface area contributed by atoms with Gasteiger partial charge in [0.05, 0.1) is 53.7 Å². The van der Waals surface area contributed by atoms with Crippen LogP contribution in [0.3, 0.4) is 0 Å². The number of carbonyl (C=O) groups excluding carboxylic acids is 1. The smallest absolute Gasteiger partial charge is 0.309 e. The fourth-order valence-corrected chi connectivity index (χ4v) is 10.9. The van der Waals surface area contributed by atoms with Gasteiger partial charge in [-0.15, -0.1) is 0 Å². The molecule has 0 radical (unpaired) electrons. The lowest BCUT2D eigenvalue weighted by Gasteiger charge is -2.56. The van der Waals surface area contributed by atoms with Crippen molar-refractivity contribution in [3.8, 4) is 0 Å². The van der Waals surface area contributed by atoms with Gasteiger partial charge in [-0.3, -0.25) is 9.59 Å². The maximum Gasteiger partial charge on any atom is 0.309 e.